The van der Waals surface area contributed by atoms with E-state index in [1.165, 1.54) is 10.6 Å². The second kappa shape index (κ2) is 5.70. The maximum absolute atomic E-state index is 12.0. The lowest BCUT2D eigenvalue weighted by atomic mass is 10.0. The number of nitrogens with one attached hydrogen (secondary N) is 1. The molecule has 0 saturated carbocycles. The van der Waals surface area contributed by atoms with E-state index in [4.69, 9.17) is 5.26 Å². The number of nitrogens with zero attached hydrogens (tertiary/aromatic N) is 2. The summed E-state index contributed by atoms with van der Waals surface area (Å²) in [5.74, 6) is -0.230. The van der Waals surface area contributed by atoms with Gasteiger partial charge in [0.25, 0.3) is 5.56 Å². The van der Waals surface area contributed by atoms with E-state index in [9.17, 15) is 9.59 Å². The van der Waals surface area contributed by atoms with Gasteiger partial charge in [0, 0.05) is 11.2 Å². The zero-order valence-electron chi connectivity index (χ0n) is 11.8. The van der Waals surface area contributed by atoms with Crippen LogP contribution in [0.15, 0.2) is 16.9 Å². The molecule has 1 heterocycles. The summed E-state index contributed by atoms with van der Waals surface area (Å²) < 4.78 is 1.32. The quantitative estimate of drug-likeness (QED) is 0.888. The molecule has 0 aliphatic rings. The van der Waals surface area contributed by atoms with Crippen molar-refractivity contribution in [3.63, 3.8) is 0 Å². The van der Waals surface area contributed by atoms with Gasteiger partial charge < -0.3 is 9.88 Å². The van der Waals surface area contributed by atoms with Crippen molar-refractivity contribution in [2.24, 2.45) is 0 Å². The van der Waals surface area contributed by atoms with Crippen molar-refractivity contribution in [1.82, 2.24) is 9.88 Å². The Bertz CT molecular complexity index is 579. The summed E-state index contributed by atoms with van der Waals surface area (Å²) in [6.07, 6.45) is 0.796. The van der Waals surface area contributed by atoms with Crippen LogP contribution in [0.5, 0.6) is 0 Å². The molecule has 0 atom stereocenters. The number of pyridine rings is 1. The van der Waals surface area contributed by atoms with Crippen molar-refractivity contribution in [2.45, 2.75) is 46.2 Å². The third-order valence-corrected chi connectivity index (χ3v) is 3.18. The zero-order valence-corrected chi connectivity index (χ0v) is 11.8. The van der Waals surface area contributed by atoms with Crippen LogP contribution in [0.25, 0.3) is 0 Å². The number of nitriles is 1. The lowest BCUT2D eigenvalue weighted by Gasteiger charge is -2.24. The molecule has 1 amide bonds. The van der Waals surface area contributed by atoms with E-state index < -0.39 is 5.56 Å². The van der Waals surface area contributed by atoms with Crippen LogP contribution in [-0.2, 0) is 11.3 Å². The van der Waals surface area contributed by atoms with Gasteiger partial charge >= 0.3 is 0 Å². The SMILES string of the molecule is CCC(C)(C)NC(=O)Cn1c(C)ccc(C#N)c1=O. The minimum atomic E-state index is -0.424. The van der Waals surface area contributed by atoms with Crippen LogP contribution in [0.3, 0.4) is 0 Å². The number of carbonyl (C=O) groups excluding carboxylic acids is 1. The van der Waals surface area contributed by atoms with E-state index >= 15 is 0 Å². The second-order valence-electron chi connectivity index (χ2n) is 5.18. The van der Waals surface area contributed by atoms with Crippen LogP contribution in [0.2, 0.25) is 0 Å². The van der Waals surface area contributed by atoms with Gasteiger partial charge in [-0.2, -0.15) is 5.26 Å². The molecule has 1 rings (SSSR count). The van der Waals surface area contributed by atoms with Crippen molar-refractivity contribution in [3.05, 3.63) is 33.7 Å². The van der Waals surface area contributed by atoms with E-state index in [1.54, 1.807) is 13.0 Å². The van der Waals surface area contributed by atoms with Gasteiger partial charge in [0.05, 0.1) is 0 Å². The Kier molecular flexibility index (Phi) is 4.49. The number of amides is 1. The predicted octanol–water partition coefficient (Wildman–Crippen LogP) is 1.33. The molecule has 1 aromatic rings. The number of aromatic nitrogens is 1. The molecule has 19 heavy (non-hydrogen) atoms. The monoisotopic (exact) mass is 261 g/mol. The molecule has 0 fully saturated rings. The predicted molar refractivity (Wildman–Crippen MR) is 72.7 cm³/mol. The van der Waals surface area contributed by atoms with Gasteiger partial charge in [-0.1, -0.05) is 6.92 Å². The number of hydrogen-bond acceptors (Lipinski definition) is 3. The highest BCUT2D eigenvalue weighted by Crippen LogP contribution is 2.07. The van der Waals surface area contributed by atoms with Crippen molar-refractivity contribution >= 4 is 5.91 Å². The lowest BCUT2D eigenvalue weighted by Crippen LogP contribution is -2.45. The molecule has 0 saturated heterocycles. The second-order valence-corrected chi connectivity index (χ2v) is 5.18. The van der Waals surface area contributed by atoms with Crippen LogP contribution in [0, 0.1) is 18.3 Å². The van der Waals surface area contributed by atoms with Gasteiger partial charge in [0.1, 0.15) is 18.2 Å². The molecule has 5 heteroatoms. The highest BCUT2D eigenvalue weighted by molar-refractivity contribution is 5.76. The molecule has 0 aromatic carbocycles. The molecule has 0 bridgehead atoms. The Hall–Kier alpha value is -2.09. The molecule has 1 aromatic heterocycles. The van der Waals surface area contributed by atoms with E-state index in [-0.39, 0.29) is 23.6 Å². The minimum Gasteiger partial charge on any atom is -0.350 e. The molecular weight excluding hydrogens is 242 g/mol. The van der Waals surface area contributed by atoms with Gasteiger partial charge in [-0.15, -0.1) is 0 Å². The summed E-state index contributed by atoms with van der Waals surface area (Å²) in [6.45, 7) is 7.50. The van der Waals surface area contributed by atoms with Gasteiger partial charge in [0.2, 0.25) is 5.91 Å². The summed E-state index contributed by atoms with van der Waals surface area (Å²) >= 11 is 0. The van der Waals surface area contributed by atoms with Gasteiger partial charge in [-0.05, 0) is 39.3 Å². The third-order valence-electron chi connectivity index (χ3n) is 3.18. The molecule has 0 spiro atoms. The van der Waals surface area contributed by atoms with Gasteiger partial charge in [-0.25, -0.2) is 0 Å². The fraction of sp³-hybridized carbons (Fsp3) is 0.500. The van der Waals surface area contributed by atoms with Crippen LogP contribution in [0.1, 0.15) is 38.4 Å². The summed E-state index contributed by atoms with van der Waals surface area (Å²) in [6, 6.07) is 4.97. The standard InChI is InChI=1S/C14H19N3O2/c1-5-14(3,4)16-12(18)9-17-10(2)6-7-11(8-15)13(17)19/h6-7H,5,9H2,1-4H3,(H,16,18). The first-order valence-corrected chi connectivity index (χ1v) is 6.22. The fourth-order valence-electron chi connectivity index (χ4n) is 1.60. The molecule has 0 aliphatic heterocycles. The van der Waals surface area contributed by atoms with Crippen molar-refractivity contribution < 1.29 is 4.79 Å². The smallest absolute Gasteiger partial charge is 0.269 e. The van der Waals surface area contributed by atoms with Gasteiger partial charge in [-0.3, -0.25) is 9.59 Å². The van der Waals surface area contributed by atoms with Crippen LogP contribution in [0.4, 0.5) is 0 Å². The molecule has 0 unspecified atom stereocenters. The molecule has 1 N–H and O–H groups in total. The average molecular weight is 261 g/mol. The van der Waals surface area contributed by atoms with Crippen LogP contribution >= 0.6 is 0 Å². The fourth-order valence-corrected chi connectivity index (χ4v) is 1.60. The van der Waals surface area contributed by atoms with E-state index in [1.807, 2.05) is 26.8 Å². The number of hydrogen-bond donors (Lipinski definition) is 1. The molecule has 0 aliphatic carbocycles. The first-order chi connectivity index (χ1) is 8.80. The molecule has 102 valence electrons. The Morgan fingerprint density at radius 2 is 2.11 bits per heavy atom. The maximum atomic E-state index is 12.0. The average Bonchev–Trinajstić information content (AvgIpc) is 2.34. The van der Waals surface area contributed by atoms with Gasteiger partial charge in [0.15, 0.2) is 0 Å². The van der Waals surface area contributed by atoms with Crippen LogP contribution in [-0.4, -0.2) is 16.0 Å². The number of rotatable bonds is 4. The Balaban J connectivity index is 2.98. The molecule has 5 nitrogen and oxygen atoms in total. The van der Waals surface area contributed by atoms with Crippen molar-refractivity contribution in [2.75, 3.05) is 0 Å². The summed E-state index contributed by atoms with van der Waals surface area (Å²) in [5.41, 5.74) is -0.0184. The van der Waals surface area contributed by atoms with E-state index in [0.29, 0.717) is 5.69 Å². The normalized spacial score (nSPS) is 10.9. The maximum Gasteiger partial charge on any atom is 0.269 e. The third kappa shape index (κ3) is 3.68. The minimum absolute atomic E-state index is 0.0492. The Morgan fingerprint density at radius 1 is 1.47 bits per heavy atom. The summed E-state index contributed by atoms with van der Waals surface area (Å²) in [7, 11) is 0. The Labute approximate surface area is 112 Å². The highest BCUT2D eigenvalue weighted by Gasteiger charge is 2.18. The van der Waals surface area contributed by atoms with E-state index in [2.05, 4.69) is 5.32 Å². The highest BCUT2D eigenvalue weighted by atomic mass is 16.2. The lowest BCUT2D eigenvalue weighted by molar-refractivity contribution is -0.123. The van der Waals surface area contributed by atoms with Crippen molar-refractivity contribution in [1.29, 1.82) is 5.26 Å². The van der Waals surface area contributed by atoms with E-state index in [0.717, 1.165) is 6.42 Å². The topological polar surface area (TPSA) is 74.9 Å². The first-order valence-electron chi connectivity index (χ1n) is 6.22. The summed E-state index contributed by atoms with van der Waals surface area (Å²) in [5, 5.41) is 11.7. The zero-order chi connectivity index (χ0) is 14.6. The van der Waals surface area contributed by atoms with Crippen LogP contribution < -0.4 is 10.9 Å². The van der Waals surface area contributed by atoms with Crippen molar-refractivity contribution in [3.8, 4) is 6.07 Å². The Morgan fingerprint density at radius 3 is 2.63 bits per heavy atom. The number of carbonyl (C=O) groups is 1. The largest absolute Gasteiger partial charge is 0.350 e. The summed E-state index contributed by atoms with van der Waals surface area (Å²) in [4.78, 5) is 23.9. The molecule has 0 radical (unpaired) electrons. The molecular formula is C14H19N3O2. The first kappa shape index (κ1) is 15.0. The number of aryl methyl sites for hydroxylation is 1.